The van der Waals surface area contributed by atoms with Crippen molar-refractivity contribution in [3.63, 3.8) is 0 Å². The van der Waals surface area contributed by atoms with Gasteiger partial charge in [0.05, 0.1) is 13.7 Å². The fourth-order valence-electron chi connectivity index (χ4n) is 3.17. The number of carbonyl (C=O) groups excluding carboxylic acids is 2. The second kappa shape index (κ2) is 14.1. The zero-order valence-corrected chi connectivity index (χ0v) is 24.7. The van der Waals surface area contributed by atoms with Gasteiger partial charge in [0, 0.05) is 15.0 Å². The third-order valence-corrected chi connectivity index (χ3v) is 6.66. The lowest BCUT2D eigenvalue weighted by Gasteiger charge is -2.26. The average molecular weight is 636 g/mol. The minimum Gasteiger partial charge on any atom is -0.491 e. The second-order valence-electron chi connectivity index (χ2n) is 9.43. The number of benzene rings is 1. The largest absolute Gasteiger partial charge is 0.491 e. The maximum Gasteiger partial charge on any atom is 0.416 e. The van der Waals surface area contributed by atoms with Crippen molar-refractivity contribution < 1.29 is 28.2 Å². The van der Waals surface area contributed by atoms with Gasteiger partial charge in [0.2, 0.25) is 0 Å². The van der Waals surface area contributed by atoms with E-state index < -0.39 is 23.5 Å². The lowest BCUT2D eigenvalue weighted by molar-refractivity contribution is 0.0569. The Morgan fingerprint density at radius 2 is 1.83 bits per heavy atom. The molecule has 2 rings (SSSR count). The van der Waals surface area contributed by atoms with Crippen molar-refractivity contribution in [2.45, 2.75) is 52.1 Å². The fourth-order valence-corrected chi connectivity index (χ4v) is 4.73. The van der Waals surface area contributed by atoms with Crippen molar-refractivity contribution in [1.29, 1.82) is 0 Å². The van der Waals surface area contributed by atoms with Crippen LogP contribution < -0.4 is 9.64 Å². The summed E-state index contributed by atoms with van der Waals surface area (Å²) in [4.78, 5) is 34.1. The van der Waals surface area contributed by atoms with Gasteiger partial charge in [0.1, 0.15) is 5.60 Å². The zero-order valence-electron chi connectivity index (χ0n) is 21.7. The maximum atomic E-state index is 14.0. The second-order valence-corrected chi connectivity index (χ2v) is 11.7. The number of hydrogen-bond donors (Lipinski definition) is 0. The van der Waals surface area contributed by atoms with Crippen molar-refractivity contribution in [3.8, 4) is 5.75 Å². The highest BCUT2D eigenvalue weighted by molar-refractivity contribution is 14.1. The van der Waals surface area contributed by atoms with Gasteiger partial charge in [-0.3, -0.25) is 4.90 Å². The molecule has 1 aromatic heterocycles. The number of unbranched alkanes of at least 4 members (excludes halogenated alkanes) is 1. The molecule has 0 bridgehead atoms. The van der Waals surface area contributed by atoms with Crippen LogP contribution in [0.25, 0.3) is 0 Å². The molecule has 0 radical (unpaired) electrons. The molecule has 0 N–H and O–H groups in total. The molecule has 0 saturated heterocycles. The molecule has 0 aliphatic carbocycles. The molecule has 200 valence electrons. The SMILES string of the molecule is COC(=O)c1nc(N(CCCCN(C)C)C(=O)OC(C)(C)C)sc1CCCOc1ccc(I)cc1F. The Bertz CT molecular complexity index is 1030. The molecule has 8 nitrogen and oxygen atoms in total. The first-order valence-electron chi connectivity index (χ1n) is 11.7. The molecule has 1 amide bonds. The van der Waals surface area contributed by atoms with Gasteiger partial charge < -0.3 is 19.1 Å². The van der Waals surface area contributed by atoms with E-state index in [1.165, 1.54) is 29.4 Å². The third-order valence-electron chi connectivity index (χ3n) is 4.85. The summed E-state index contributed by atoms with van der Waals surface area (Å²) in [7, 11) is 5.29. The van der Waals surface area contributed by atoms with Crippen LogP contribution in [0.4, 0.5) is 14.3 Å². The zero-order chi connectivity index (χ0) is 26.9. The van der Waals surface area contributed by atoms with Crippen LogP contribution in [0.2, 0.25) is 0 Å². The highest BCUT2D eigenvalue weighted by atomic mass is 127. The van der Waals surface area contributed by atoms with Crippen LogP contribution in [0.15, 0.2) is 18.2 Å². The van der Waals surface area contributed by atoms with E-state index in [0.717, 1.165) is 23.0 Å². The Labute approximate surface area is 230 Å². The van der Waals surface area contributed by atoms with Crippen molar-refractivity contribution in [1.82, 2.24) is 9.88 Å². The monoisotopic (exact) mass is 635 g/mol. The first kappa shape index (κ1) is 30.2. The van der Waals surface area contributed by atoms with Gasteiger partial charge in [-0.1, -0.05) is 0 Å². The summed E-state index contributed by atoms with van der Waals surface area (Å²) < 4.78 is 30.9. The van der Waals surface area contributed by atoms with E-state index in [1.54, 1.807) is 32.9 Å². The Hall–Kier alpha value is -1.99. The molecule has 0 aliphatic rings. The number of amides is 1. The molecule has 2 aromatic rings. The number of methoxy groups -OCH3 is 1. The van der Waals surface area contributed by atoms with Crippen LogP contribution in [0.1, 0.15) is 55.4 Å². The molecule has 0 aliphatic heterocycles. The molecular weight excluding hydrogens is 600 g/mol. The summed E-state index contributed by atoms with van der Waals surface area (Å²) in [5, 5.41) is 0.383. The first-order valence-corrected chi connectivity index (χ1v) is 13.6. The molecule has 1 heterocycles. The highest BCUT2D eigenvalue weighted by Crippen LogP contribution is 2.30. The summed E-state index contributed by atoms with van der Waals surface area (Å²) in [6, 6.07) is 4.77. The van der Waals surface area contributed by atoms with E-state index in [0.29, 0.717) is 29.4 Å². The minimum absolute atomic E-state index is 0.166. The molecule has 0 saturated carbocycles. The molecule has 1 aromatic carbocycles. The molecule has 36 heavy (non-hydrogen) atoms. The summed E-state index contributed by atoms with van der Waals surface area (Å²) >= 11 is 3.29. The number of ether oxygens (including phenoxy) is 3. The number of hydrogen-bond acceptors (Lipinski definition) is 8. The van der Waals surface area contributed by atoms with E-state index in [9.17, 15) is 14.0 Å². The van der Waals surface area contributed by atoms with Gasteiger partial charge in [0.15, 0.2) is 22.4 Å². The summed E-state index contributed by atoms with van der Waals surface area (Å²) in [5.41, 5.74) is -0.508. The van der Waals surface area contributed by atoms with Gasteiger partial charge in [-0.05, 0) is 108 Å². The number of aryl methyl sites for hydroxylation is 1. The van der Waals surface area contributed by atoms with Crippen molar-refractivity contribution in [3.05, 3.63) is 38.2 Å². The molecule has 0 fully saturated rings. The van der Waals surface area contributed by atoms with Crippen LogP contribution in [0.3, 0.4) is 0 Å². The van der Waals surface area contributed by atoms with Gasteiger partial charge in [-0.15, -0.1) is 11.3 Å². The van der Waals surface area contributed by atoms with Crippen LogP contribution >= 0.6 is 33.9 Å². The number of anilines is 1. The van der Waals surface area contributed by atoms with Crippen LogP contribution in [-0.2, 0) is 15.9 Å². The normalized spacial score (nSPS) is 11.5. The van der Waals surface area contributed by atoms with Gasteiger partial charge in [-0.25, -0.2) is 19.0 Å². The number of carbonyl (C=O) groups is 2. The smallest absolute Gasteiger partial charge is 0.416 e. The quantitative estimate of drug-likeness (QED) is 0.167. The maximum absolute atomic E-state index is 14.0. The van der Waals surface area contributed by atoms with E-state index in [2.05, 4.69) is 9.88 Å². The van der Waals surface area contributed by atoms with Crippen LogP contribution in [-0.4, -0.2) is 68.4 Å². The highest BCUT2D eigenvalue weighted by Gasteiger charge is 2.28. The Morgan fingerprint density at radius 1 is 1.14 bits per heavy atom. The van der Waals surface area contributed by atoms with E-state index in [4.69, 9.17) is 14.2 Å². The molecule has 0 unspecified atom stereocenters. The molecular formula is C25H35FIN3O5S. The van der Waals surface area contributed by atoms with E-state index in [-0.39, 0.29) is 18.1 Å². The molecule has 0 atom stereocenters. The van der Waals surface area contributed by atoms with Crippen LogP contribution in [0, 0.1) is 9.39 Å². The Balaban J connectivity index is 2.17. The predicted octanol–water partition coefficient (Wildman–Crippen LogP) is 5.77. The Kier molecular flexibility index (Phi) is 11.8. The van der Waals surface area contributed by atoms with Crippen LogP contribution in [0.5, 0.6) is 5.75 Å². The topological polar surface area (TPSA) is 81.2 Å². The standard InChI is InChI=1S/C25H35FIN3O5S/c1-25(2,3)35-24(32)30(14-8-7-13-29(4)5)23-28-21(22(31)33-6)20(36-23)10-9-15-34-19-12-11-17(27)16-18(19)26/h11-12,16H,7-10,13-15H2,1-6H3. The molecule has 11 heteroatoms. The minimum atomic E-state index is -0.674. The Morgan fingerprint density at radius 3 is 2.44 bits per heavy atom. The number of nitrogens with zero attached hydrogens (tertiary/aromatic N) is 3. The number of halogens is 2. The summed E-state index contributed by atoms with van der Waals surface area (Å²) in [6.07, 6.45) is 2.10. The predicted molar refractivity (Wildman–Crippen MR) is 148 cm³/mol. The lowest BCUT2D eigenvalue weighted by atomic mass is 10.2. The fraction of sp³-hybridized carbons (Fsp3) is 0.560. The number of rotatable bonds is 12. The van der Waals surface area contributed by atoms with Gasteiger partial charge >= 0.3 is 12.1 Å². The average Bonchev–Trinajstić information content (AvgIpc) is 3.19. The number of esters is 1. The molecule has 0 spiro atoms. The van der Waals surface area contributed by atoms with Gasteiger partial charge in [-0.2, -0.15) is 0 Å². The van der Waals surface area contributed by atoms with Crippen molar-refractivity contribution in [2.24, 2.45) is 0 Å². The summed E-state index contributed by atoms with van der Waals surface area (Å²) in [5.74, 6) is -0.809. The van der Waals surface area contributed by atoms with E-state index in [1.807, 2.05) is 36.7 Å². The summed E-state index contributed by atoms with van der Waals surface area (Å²) in [6.45, 7) is 6.97. The van der Waals surface area contributed by atoms with E-state index >= 15 is 0 Å². The number of thiazole rings is 1. The number of aromatic nitrogens is 1. The first-order chi connectivity index (χ1) is 16.9. The van der Waals surface area contributed by atoms with Gasteiger partial charge in [0.25, 0.3) is 0 Å². The third kappa shape index (κ3) is 9.81. The van der Waals surface area contributed by atoms with Crippen molar-refractivity contribution in [2.75, 3.05) is 45.8 Å². The van der Waals surface area contributed by atoms with Crippen molar-refractivity contribution >= 4 is 51.1 Å². The lowest BCUT2D eigenvalue weighted by Crippen LogP contribution is -2.37.